The van der Waals surface area contributed by atoms with Crippen LogP contribution in [0, 0.1) is 5.92 Å². The van der Waals surface area contributed by atoms with Gasteiger partial charge in [-0.1, -0.05) is 27.7 Å². The van der Waals surface area contributed by atoms with E-state index in [4.69, 9.17) is 16.3 Å². The predicted molar refractivity (Wildman–Crippen MR) is 65.9 cm³/mol. The fourth-order valence-electron chi connectivity index (χ4n) is 0.830. The first-order chi connectivity index (χ1) is 8.22. The van der Waals surface area contributed by atoms with Crippen LogP contribution in [-0.4, -0.2) is 31.8 Å². The van der Waals surface area contributed by atoms with E-state index in [-0.39, 0.29) is 12.5 Å². The molecule has 4 N–H and O–H groups in total. The molecule has 0 saturated heterocycles. The number of hydrogen-bond acceptors (Lipinski definition) is 4. The monoisotopic (exact) mass is 274 g/mol. The van der Waals surface area contributed by atoms with Crippen molar-refractivity contribution in [1.82, 2.24) is 0 Å². The van der Waals surface area contributed by atoms with E-state index in [0.717, 1.165) is 6.42 Å². The maximum Gasteiger partial charge on any atom is 0.422 e. The van der Waals surface area contributed by atoms with E-state index in [1.165, 1.54) is 0 Å². The van der Waals surface area contributed by atoms with E-state index in [1.54, 1.807) is 0 Å². The summed E-state index contributed by atoms with van der Waals surface area (Å²) in [7, 11) is 0. The zero-order chi connectivity index (χ0) is 15.2. The Balaban J connectivity index is -0.000000219. The zero-order valence-corrected chi connectivity index (χ0v) is 11.5. The minimum absolute atomic E-state index is 0.204. The van der Waals surface area contributed by atoms with Crippen LogP contribution >= 0.6 is 0 Å². The van der Waals surface area contributed by atoms with Crippen LogP contribution in [0.25, 0.3) is 0 Å². The Labute approximate surface area is 107 Å². The average molecular weight is 274 g/mol. The molecule has 0 amide bonds. The molecular weight excluding hydrogens is 249 g/mol. The molecule has 0 spiro atoms. The largest absolute Gasteiger partial charge is 0.458 e. The molecule has 0 aliphatic rings. The van der Waals surface area contributed by atoms with Crippen LogP contribution in [0.1, 0.15) is 34.1 Å². The number of nitrogens with two attached hydrogens (primary N) is 2. The molecule has 0 heterocycles. The van der Waals surface area contributed by atoms with Gasteiger partial charge in [0, 0.05) is 12.6 Å². The summed E-state index contributed by atoms with van der Waals surface area (Å²) in [6.45, 7) is 7.16. The van der Waals surface area contributed by atoms with Crippen molar-refractivity contribution in [2.24, 2.45) is 17.4 Å². The molecule has 0 aliphatic carbocycles. The van der Waals surface area contributed by atoms with E-state index in [9.17, 15) is 13.2 Å². The third-order valence-corrected chi connectivity index (χ3v) is 1.39. The van der Waals surface area contributed by atoms with Crippen LogP contribution in [0.2, 0.25) is 0 Å². The molecular formula is C11H25F3N2O2. The van der Waals surface area contributed by atoms with E-state index >= 15 is 0 Å². The van der Waals surface area contributed by atoms with Crippen LogP contribution in [0.4, 0.5) is 13.2 Å². The van der Waals surface area contributed by atoms with E-state index in [2.05, 4.69) is 18.6 Å². The van der Waals surface area contributed by atoms with Crippen molar-refractivity contribution in [3.05, 3.63) is 0 Å². The van der Waals surface area contributed by atoms with Gasteiger partial charge in [0.25, 0.3) is 6.47 Å². The summed E-state index contributed by atoms with van der Waals surface area (Å²) in [4.78, 5) is 9.13. The number of carbonyl (C=O) groups is 1. The lowest BCUT2D eigenvalue weighted by atomic mass is 10.1. The lowest BCUT2D eigenvalue weighted by molar-refractivity contribution is -0.177. The highest BCUT2D eigenvalue weighted by molar-refractivity contribution is 5.36. The number of halogens is 3. The normalized spacial score (nSPS) is 11.7. The Hall–Kier alpha value is -0.820. The van der Waals surface area contributed by atoms with Crippen molar-refractivity contribution in [1.29, 1.82) is 0 Å². The molecule has 0 radical (unpaired) electrons. The lowest BCUT2D eigenvalue weighted by Crippen LogP contribution is -2.30. The second-order valence-electron chi connectivity index (χ2n) is 3.65. The first-order valence-corrected chi connectivity index (χ1v) is 5.80. The van der Waals surface area contributed by atoms with Crippen LogP contribution in [0.5, 0.6) is 0 Å². The van der Waals surface area contributed by atoms with Gasteiger partial charge in [-0.2, -0.15) is 13.2 Å². The van der Waals surface area contributed by atoms with Crippen LogP contribution in [-0.2, 0) is 9.53 Å². The van der Waals surface area contributed by atoms with E-state index < -0.39 is 12.8 Å². The number of alkyl halides is 3. The van der Waals surface area contributed by atoms with Gasteiger partial charge in [0.15, 0.2) is 6.61 Å². The molecule has 1 atom stereocenters. The van der Waals surface area contributed by atoms with Crippen molar-refractivity contribution in [2.45, 2.75) is 46.3 Å². The highest BCUT2D eigenvalue weighted by atomic mass is 19.4. The van der Waals surface area contributed by atoms with Gasteiger partial charge in [-0.25, -0.2) is 0 Å². The molecule has 0 bridgehead atoms. The molecule has 0 rings (SSSR count). The van der Waals surface area contributed by atoms with E-state index in [1.807, 2.05) is 13.8 Å². The zero-order valence-electron chi connectivity index (χ0n) is 11.5. The van der Waals surface area contributed by atoms with E-state index in [0.29, 0.717) is 12.5 Å². The van der Waals surface area contributed by atoms with Crippen molar-refractivity contribution in [3.63, 3.8) is 0 Å². The Morgan fingerprint density at radius 2 is 1.72 bits per heavy atom. The first-order valence-electron chi connectivity index (χ1n) is 5.80. The third-order valence-electron chi connectivity index (χ3n) is 1.39. The summed E-state index contributed by atoms with van der Waals surface area (Å²) in [6, 6.07) is 0.204. The second-order valence-corrected chi connectivity index (χ2v) is 3.65. The third kappa shape index (κ3) is 29.5. The quantitative estimate of drug-likeness (QED) is 0.752. The Bertz CT molecular complexity index is 176. The van der Waals surface area contributed by atoms with Crippen molar-refractivity contribution in [2.75, 3.05) is 13.2 Å². The molecule has 7 heteroatoms. The summed E-state index contributed by atoms with van der Waals surface area (Å²) >= 11 is 0. The van der Waals surface area contributed by atoms with Crippen molar-refractivity contribution >= 4 is 6.47 Å². The number of hydrogen-bond donors (Lipinski definition) is 2. The molecule has 0 aromatic heterocycles. The summed E-state index contributed by atoms with van der Waals surface area (Å²) in [6.07, 6.45) is -3.36. The maximum absolute atomic E-state index is 11.0. The molecule has 0 saturated carbocycles. The highest BCUT2D eigenvalue weighted by Gasteiger charge is 2.27. The molecule has 0 fully saturated rings. The maximum atomic E-state index is 11.0. The lowest BCUT2D eigenvalue weighted by Gasteiger charge is -2.09. The fourth-order valence-corrected chi connectivity index (χ4v) is 0.830. The molecule has 112 valence electrons. The number of ether oxygens (including phenoxy) is 1. The number of rotatable bonds is 5. The van der Waals surface area contributed by atoms with Gasteiger partial charge in [-0.3, -0.25) is 4.79 Å². The fraction of sp³-hybridized carbons (Fsp3) is 0.909. The summed E-state index contributed by atoms with van der Waals surface area (Å²) in [5.41, 5.74) is 10.8. The van der Waals surface area contributed by atoms with Gasteiger partial charge in [0.2, 0.25) is 0 Å². The standard InChI is InChI=1S/C6H16N2.C3H3F3O2.C2H6/c1-5(2)3-6(8)4-7;4-3(5,6)1-8-2-7;1-2/h5-6H,3-4,7-8H2,1-2H3;2H,1H2;1-2H3. The van der Waals surface area contributed by atoms with Gasteiger partial charge in [0.1, 0.15) is 0 Å². The molecule has 1 unspecified atom stereocenters. The number of carbonyl (C=O) groups excluding carboxylic acids is 1. The predicted octanol–water partition coefficient (Wildman–Crippen LogP) is 2.07. The summed E-state index contributed by atoms with van der Waals surface area (Å²) in [5, 5.41) is 0. The second kappa shape index (κ2) is 14.2. The molecule has 0 aromatic carbocycles. The first kappa shape index (κ1) is 22.4. The van der Waals surface area contributed by atoms with Crippen LogP contribution in [0.15, 0.2) is 0 Å². The van der Waals surface area contributed by atoms with Crippen LogP contribution < -0.4 is 11.5 Å². The van der Waals surface area contributed by atoms with Crippen molar-refractivity contribution < 1.29 is 22.7 Å². The summed E-state index contributed by atoms with van der Waals surface area (Å²) in [5.74, 6) is 0.675. The minimum Gasteiger partial charge on any atom is -0.458 e. The molecule has 4 nitrogen and oxygen atoms in total. The SMILES string of the molecule is CC.CC(C)CC(N)CN.O=COCC(F)(F)F. The Morgan fingerprint density at radius 3 is 1.83 bits per heavy atom. The van der Waals surface area contributed by atoms with Gasteiger partial charge in [-0.15, -0.1) is 0 Å². The van der Waals surface area contributed by atoms with Gasteiger partial charge in [-0.05, 0) is 12.3 Å². The smallest absolute Gasteiger partial charge is 0.422 e. The van der Waals surface area contributed by atoms with Crippen LogP contribution in [0.3, 0.4) is 0 Å². The Morgan fingerprint density at radius 1 is 1.28 bits per heavy atom. The summed E-state index contributed by atoms with van der Waals surface area (Å²) < 4.78 is 36.3. The topological polar surface area (TPSA) is 78.3 Å². The molecule has 18 heavy (non-hydrogen) atoms. The molecule has 0 aromatic rings. The Kier molecular flexibility index (Phi) is 17.7. The minimum atomic E-state index is -4.40. The van der Waals surface area contributed by atoms with Gasteiger partial charge >= 0.3 is 6.18 Å². The molecule has 0 aliphatic heterocycles. The van der Waals surface area contributed by atoms with Crippen molar-refractivity contribution in [3.8, 4) is 0 Å². The van der Waals surface area contributed by atoms with Gasteiger partial charge in [0.05, 0.1) is 0 Å². The highest BCUT2D eigenvalue weighted by Crippen LogP contribution is 2.13. The average Bonchev–Trinajstić information content (AvgIpc) is 2.28. The van der Waals surface area contributed by atoms with Gasteiger partial charge < -0.3 is 16.2 Å².